The third-order valence-electron chi connectivity index (χ3n) is 6.49. The minimum absolute atomic E-state index is 0.100. The van der Waals surface area contributed by atoms with Gasteiger partial charge in [-0.2, -0.15) is 0 Å². The van der Waals surface area contributed by atoms with Crippen molar-refractivity contribution in [2.75, 3.05) is 14.1 Å². The van der Waals surface area contributed by atoms with Crippen LogP contribution in [0.2, 0.25) is 0 Å². The van der Waals surface area contributed by atoms with Crippen LogP contribution in [0.25, 0.3) is 0 Å². The summed E-state index contributed by atoms with van der Waals surface area (Å²) in [7, 11) is 3.61. The van der Waals surface area contributed by atoms with E-state index in [1.165, 1.54) is 5.57 Å². The first kappa shape index (κ1) is 21.8. The molecule has 0 bridgehead atoms. The summed E-state index contributed by atoms with van der Waals surface area (Å²) in [4.78, 5) is 13.3. The van der Waals surface area contributed by atoms with E-state index < -0.39 is 6.10 Å². The van der Waals surface area contributed by atoms with Crippen molar-refractivity contribution >= 4 is 5.91 Å². The maximum absolute atomic E-state index is 11.7. The molecule has 5 atom stereocenters. The van der Waals surface area contributed by atoms with Gasteiger partial charge in [-0.25, -0.2) is 0 Å². The van der Waals surface area contributed by atoms with Crippen LogP contribution in [-0.2, 0) is 4.79 Å². The lowest BCUT2D eigenvalue weighted by molar-refractivity contribution is -0.128. The third-order valence-corrected chi connectivity index (χ3v) is 6.49. The van der Waals surface area contributed by atoms with E-state index in [9.17, 15) is 15.0 Å². The molecule has 1 fully saturated rings. The Kier molecular flexibility index (Phi) is 7.31. The van der Waals surface area contributed by atoms with Crippen molar-refractivity contribution in [3.05, 3.63) is 59.2 Å². The third kappa shape index (κ3) is 5.58. The second-order valence-electron chi connectivity index (χ2n) is 8.98. The molecule has 3 rings (SSSR count). The van der Waals surface area contributed by atoms with E-state index in [2.05, 4.69) is 6.08 Å². The zero-order valence-electron chi connectivity index (χ0n) is 17.9. The average Bonchev–Trinajstić information content (AvgIpc) is 3.19. The van der Waals surface area contributed by atoms with Gasteiger partial charge in [0.15, 0.2) is 0 Å². The molecule has 0 unspecified atom stereocenters. The van der Waals surface area contributed by atoms with Gasteiger partial charge >= 0.3 is 0 Å². The second-order valence-corrected chi connectivity index (χ2v) is 8.98. The Morgan fingerprint density at radius 3 is 2.83 bits per heavy atom. The number of carbonyl (C=O) groups is 1. The van der Waals surface area contributed by atoms with Crippen molar-refractivity contribution in [1.29, 1.82) is 0 Å². The Morgan fingerprint density at radius 2 is 2.10 bits per heavy atom. The maximum Gasteiger partial charge on any atom is 0.222 e. The summed E-state index contributed by atoms with van der Waals surface area (Å²) in [5.74, 6) is 1.17. The first-order valence-electron chi connectivity index (χ1n) is 10.9. The Morgan fingerprint density at radius 1 is 1.31 bits per heavy atom. The number of nitrogens with zero attached hydrogens (tertiary/aromatic N) is 1. The molecule has 1 saturated carbocycles. The molecule has 0 heterocycles. The molecule has 1 aromatic rings. The van der Waals surface area contributed by atoms with Crippen LogP contribution in [0.1, 0.15) is 55.8 Å². The van der Waals surface area contributed by atoms with E-state index >= 15 is 0 Å². The van der Waals surface area contributed by atoms with Gasteiger partial charge in [0.05, 0.1) is 12.2 Å². The SMILES string of the molecule is Cc1cccc([C@H](O)/C=C/[C@@H]2[C@H]3CC(CCCCC(=O)N(C)C)=C[C@H]3C[C@H]2O)c1. The standard InChI is InChI=1S/C25H35NO3/c1-17-7-6-9-19(13-17)23(27)12-11-21-22-15-18(14-20(22)16-24(21)28)8-4-5-10-25(29)26(2)3/h6-7,9,11-14,20-24,27-28H,4-5,8,10,15-16H2,1-3H3/b12-11+/t20-,21+,22-,23+,24+/m0/s1. The average molecular weight is 398 g/mol. The number of aryl methyl sites for hydroxylation is 1. The number of allylic oxidation sites excluding steroid dienone is 2. The molecule has 158 valence electrons. The van der Waals surface area contributed by atoms with E-state index in [0.29, 0.717) is 18.3 Å². The minimum atomic E-state index is -0.635. The van der Waals surface area contributed by atoms with E-state index in [-0.39, 0.29) is 17.9 Å². The molecule has 2 N–H and O–H groups in total. The fourth-order valence-electron chi connectivity index (χ4n) is 4.84. The number of benzene rings is 1. The normalized spacial score (nSPS) is 27.1. The number of carbonyl (C=O) groups excluding carboxylic acids is 1. The van der Waals surface area contributed by atoms with Gasteiger partial charge in [0.2, 0.25) is 5.91 Å². The Bertz CT molecular complexity index is 767. The van der Waals surface area contributed by atoms with Crippen LogP contribution in [0.5, 0.6) is 0 Å². The molecule has 0 aliphatic heterocycles. The number of aliphatic hydroxyl groups excluding tert-OH is 2. The zero-order chi connectivity index (χ0) is 21.0. The Labute approximate surface area is 174 Å². The van der Waals surface area contributed by atoms with Crippen molar-refractivity contribution < 1.29 is 15.0 Å². The van der Waals surface area contributed by atoms with Crippen LogP contribution in [0.3, 0.4) is 0 Å². The summed E-state index contributed by atoms with van der Waals surface area (Å²) in [5.41, 5.74) is 3.50. The first-order valence-corrected chi connectivity index (χ1v) is 10.9. The number of hydrogen-bond donors (Lipinski definition) is 2. The van der Waals surface area contributed by atoms with Crippen LogP contribution in [0.4, 0.5) is 0 Å². The van der Waals surface area contributed by atoms with Gasteiger partial charge in [-0.1, -0.05) is 53.6 Å². The number of amides is 1. The molecule has 29 heavy (non-hydrogen) atoms. The van der Waals surface area contributed by atoms with E-state index in [0.717, 1.165) is 43.2 Å². The van der Waals surface area contributed by atoms with Crippen molar-refractivity contribution in [2.24, 2.45) is 17.8 Å². The van der Waals surface area contributed by atoms with Crippen LogP contribution in [0, 0.1) is 24.7 Å². The number of fused-ring (bicyclic) bond motifs is 1. The maximum atomic E-state index is 11.7. The fourth-order valence-corrected chi connectivity index (χ4v) is 4.84. The summed E-state index contributed by atoms with van der Waals surface area (Å²) in [6.07, 6.45) is 10.8. The lowest BCUT2D eigenvalue weighted by Gasteiger charge is -2.19. The largest absolute Gasteiger partial charge is 0.392 e. The molecule has 0 aromatic heterocycles. The molecular formula is C25H35NO3. The smallest absolute Gasteiger partial charge is 0.222 e. The molecule has 1 amide bonds. The molecule has 2 aliphatic rings. The molecule has 0 spiro atoms. The van der Waals surface area contributed by atoms with Crippen molar-refractivity contribution in [3.8, 4) is 0 Å². The van der Waals surface area contributed by atoms with Crippen molar-refractivity contribution in [3.63, 3.8) is 0 Å². The van der Waals surface area contributed by atoms with Gasteiger partial charge < -0.3 is 15.1 Å². The van der Waals surface area contributed by atoms with Gasteiger partial charge in [0, 0.05) is 26.4 Å². The number of hydrogen-bond acceptors (Lipinski definition) is 3. The summed E-state index contributed by atoms with van der Waals surface area (Å²) in [6.45, 7) is 2.02. The number of unbranched alkanes of at least 4 members (excludes halogenated alkanes) is 1. The van der Waals surface area contributed by atoms with Crippen LogP contribution < -0.4 is 0 Å². The highest BCUT2D eigenvalue weighted by atomic mass is 16.3. The van der Waals surface area contributed by atoms with Gasteiger partial charge in [0.1, 0.15) is 0 Å². The van der Waals surface area contributed by atoms with E-state index in [4.69, 9.17) is 0 Å². The van der Waals surface area contributed by atoms with Crippen molar-refractivity contribution in [1.82, 2.24) is 4.90 Å². The minimum Gasteiger partial charge on any atom is -0.392 e. The first-order chi connectivity index (χ1) is 13.8. The monoisotopic (exact) mass is 397 g/mol. The Hall–Kier alpha value is -1.91. The van der Waals surface area contributed by atoms with Gasteiger partial charge in [-0.3, -0.25) is 4.79 Å². The van der Waals surface area contributed by atoms with E-state index in [1.54, 1.807) is 19.0 Å². The van der Waals surface area contributed by atoms with Crippen LogP contribution >= 0.6 is 0 Å². The molecule has 4 heteroatoms. The Balaban J connectivity index is 1.51. The predicted octanol–water partition coefficient (Wildman–Crippen LogP) is 4.18. The topological polar surface area (TPSA) is 60.8 Å². The molecular weight excluding hydrogens is 362 g/mol. The molecule has 2 aliphatic carbocycles. The number of rotatable bonds is 8. The second kappa shape index (κ2) is 9.73. The summed E-state index contributed by atoms with van der Waals surface area (Å²) < 4.78 is 0. The van der Waals surface area contributed by atoms with Gasteiger partial charge in [0.25, 0.3) is 0 Å². The lowest BCUT2D eigenvalue weighted by atomic mass is 9.88. The molecule has 0 saturated heterocycles. The number of aliphatic hydroxyl groups is 2. The fraction of sp³-hybridized carbons (Fsp3) is 0.560. The summed E-state index contributed by atoms with van der Waals surface area (Å²) in [5, 5.41) is 21.0. The highest BCUT2D eigenvalue weighted by molar-refractivity contribution is 5.75. The predicted molar refractivity (Wildman–Crippen MR) is 116 cm³/mol. The highest BCUT2D eigenvalue weighted by Gasteiger charge is 2.43. The summed E-state index contributed by atoms with van der Waals surface area (Å²) >= 11 is 0. The highest BCUT2D eigenvalue weighted by Crippen LogP contribution is 2.48. The van der Waals surface area contributed by atoms with Crippen LogP contribution in [-0.4, -0.2) is 41.2 Å². The zero-order valence-corrected chi connectivity index (χ0v) is 17.9. The van der Waals surface area contributed by atoms with E-state index in [1.807, 2.05) is 43.3 Å². The molecule has 0 radical (unpaired) electrons. The van der Waals surface area contributed by atoms with Crippen molar-refractivity contribution in [2.45, 2.75) is 57.7 Å². The van der Waals surface area contributed by atoms with Crippen LogP contribution in [0.15, 0.2) is 48.1 Å². The quantitative estimate of drug-likeness (QED) is 0.511. The van der Waals surface area contributed by atoms with Gasteiger partial charge in [-0.05, 0) is 56.4 Å². The molecule has 1 aromatic carbocycles. The summed E-state index contributed by atoms with van der Waals surface area (Å²) in [6, 6.07) is 7.92. The lowest BCUT2D eigenvalue weighted by Crippen LogP contribution is -2.21. The van der Waals surface area contributed by atoms with Gasteiger partial charge in [-0.15, -0.1) is 0 Å². The molecule has 4 nitrogen and oxygen atoms in total.